The highest BCUT2D eigenvalue weighted by molar-refractivity contribution is 5.29. The van der Waals surface area contributed by atoms with Crippen molar-refractivity contribution < 1.29 is 37.2 Å². The van der Waals surface area contributed by atoms with Gasteiger partial charge in [0.15, 0.2) is 5.60 Å². The van der Waals surface area contributed by atoms with E-state index >= 15 is 0 Å². The molecule has 0 radical (unpaired) electrons. The van der Waals surface area contributed by atoms with Gasteiger partial charge in [-0.05, 0) is 37.7 Å². The predicted molar refractivity (Wildman–Crippen MR) is 94.2 cm³/mol. The lowest BCUT2D eigenvalue weighted by atomic mass is 9.59. The van der Waals surface area contributed by atoms with Gasteiger partial charge in [-0.2, -0.15) is 13.2 Å². The lowest BCUT2D eigenvalue weighted by molar-refractivity contribution is -0.557. The highest BCUT2D eigenvalue weighted by Crippen LogP contribution is 2.61. The molecule has 9 heteroatoms. The minimum Gasteiger partial charge on any atom is -0.456 e. The van der Waals surface area contributed by atoms with Crippen molar-refractivity contribution in [3.8, 4) is 0 Å². The standard InChI is InChI=1S/C20H28F3NO5/c1-12-3-4-15-13(11-24-7-9-25-10-8-24)16(20(21,22)23)26-17-19(15)14(12)5-6-18(2,27-17)28-29-19/h12,14-15,17H,3-11H2,1-2H3/t12-,14?,15+,17-,18+,19-/m1/s1. The van der Waals surface area contributed by atoms with E-state index in [1.165, 1.54) is 0 Å². The summed E-state index contributed by atoms with van der Waals surface area (Å²) in [7, 11) is 0. The quantitative estimate of drug-likeness (QED) is 0.640. The summed E-state index contributed by atoms with van der Waals surface area (Å²) in [6.07, 6.45) is -2.91. The number of halogens is 3. The molecule has 0 N–H and O–H groups in total. The molecule has 6 rings (SSSR count). The number of hydrogen-bond acceptors (Lipinski definition) is 6. The first-order valence-electron chi connectivity index (χ1n) is 10.5. The number of allylic oxidation sites excluding steroid dienone is 1. The number of ether oxygens (including phenoxy) is 3. The Morgan fingerprint density at radius 2 is 1.86 bits per heavy atom. The lowest BCUT2D eigenvalue weighted by Gasteiger charge is -2.57. The maximum Gasteiger partial charge on any atom is 0.449 e. The van der Waals surface area contributed by atoms with Gasteiger partial charge in [-0.3, -0.25) is 4.90 Å². The van der Waals surface area contributed by atoms with Crippen molar-refractivity contribution in [2.45, 2.75) is 63.4 Å². The highest BCUT2D eigenvalue weighted by atomic mass is 19.4. The summed E-state index contributed by atoms with van der Waals surface area (Å²) in [4.78, 5) is 13.7. The molecule has 6 aliphatic rings. The van der Waals surface area contributed by atoms with Gasteiger partial charge in [0.05, 0.1) is 13.2 Å². The zero-order valence-corrected chi connectivity index (χ0v) is 16.8. The summed E-state index contributed by atoms with van der Waals surface area (Å²) >= 11 is 0. The first kappa shape index (κ1) is 20.1. The Balaban J connectivity index is 1.60. The number of alkyl halides is 3. The van der Waals surface area contributed by atoms with Crippen molar-refractivity contribution in [3.05, 3.63) is 11.3 Å². The van der Waals surface area contributed by atoms with Gasteiger partial charge >= 0.3 is 6.18 Å². The first-order valence-corrected chi connectivity index (χ1v) is 10.5. The molecular formula is C20H28F3NO5. The molecule has 6 atom stereocenters. The van der Waals surface area contributed by atoms with Crippen LogP contribution in [0.5, 0.6) is 0 Å². The number of hydrogen-bond donors (Lipinski definition) is 0. The number of rotatable bonds is 2. The molecule has 0 aromatic heterocycles. The summed E-state index contributed by atoms with van der Waals surface area (Å²) in [5, 5.41) is 0. The fourth-order valence-electron chi connectivity index (χ4n) is 5.92. The zero-order valence-electron chi connectivity index (χ0n) is 16.8. The normalized spacial score (nSPS) is 45.6. The van der Waals surface area contributed by atoms with Crippen molar-refractivity contribution in [1.29, 1.82) is 0 Å². The fraction of sp³-hybridized carbons (Fsp3) is 0.900. The third-order valence-corrected chi connectivity index (χ3v) is 7.41. The van der Waals surface area contributed by atoms with Crippen LogP contribution in [0.3, 0.4) is 0 Å². The van der Waals surface area contributed by atoms with E-state index in [9.17, 15) is 13.2 Å². The molecule has 164 valence electrons. The fourth-order valence-corrected chi connectivity index (χ4v) is 5.92. The van der Waals surface area contributed by atoms with Crippen molar-refractivity contribution in [1.82, 2.24) is 4.90 Å². The lowest BCUT2D eigenvalue weighted by Crippen LogP contribution is -2.67. The summed E-state index contributed by atoms with van der Waals surface area (Å²) in [5.41, 5.74) is -0.769. The molecule has 1 aliphatic carbocycles. The Labute approximate surface area is 168 Å². The predicted octanol–water partition coefficient (Wildman–Crippen LogP) is 3.38. The molecule has 1 saturated carbocycles. The minimum atomic E-state index is -4.58. The summed E-state index contributed by atoms with van der Waals surface area (Å²) in [6.45, 7) is 6.29. The Morgan fingerprint density at radius 3 is 2.59 bits per heavy atom. The van der Waals surface area contributed by atoms with E-state index < -0.39 is 35.5 Å². The molecule has 2 bridgehead atoms. The molecule has 5 heterocycles. The van der Waals surface area contributed by atoms with Gasteiger partial charge in [-0.15, -0.1) is 0 Å². The van der Waals surface area contributed by atoms with Crippen LogP contribution in [-0.4, -0.2) is 61.6 Å². The average Bonchev–Trinajstić information content (AvgIpc) is 2.90. The van der Waals surface area contributed by atoms with Crippen LogP contribution in [0.4, 0.5) is 13.2 Å². The van der Waals surface area contributed by atoms with E-state index in [-0.39, 0.29) is 18.0 Å². The van der Waals surface area contributed by atoms with Crippen molar-refractivity contribution in [3.63, 3.8) is 0 Å². The van der Waals surface area contributed by atoms with Gasteiger partial charge in [0, 0.05) is 37.9 Å². The summed E-state index contributed by atoms with van der Waals surface area (Å²) in [5.74, 6) is -2.13. The molecule has 0 aromatic rings. The molecule has 4 saturated heterocycles. The molecule has 29 heavy (non-hydrogen) atoms. The Bertz CT molecular complexity index is 694. The van der Waals surface area contributed by atoms with Crippen LogP contribution in [0.15, 0.2) is 11.3 Å². The molecule has 0 amide bonds. The van der Waals surface area contributed by atoms with E-state index in [2.05, 4.69) is 6.92 Å². The monoisotopic (exact) mass is 419 g/mol. The topological polar surface area (TPSA) is 49.4 Å². The minimum absolute atomic E-state index is 0.0186. The van der Waals surface area contributed by atoms with Crippen LogP contribution >= 0.6 is 0 Å². The second-order valence-corrected chi connectivity index (χ2v) is 9.21. The molecule has 0 aromatic carbocycles. The molecular weight excluding hydrogens is 391 g/mol. The Hall–Kier alpha value is -0.870. The number of nitrogens with zero attached hydrogens (tertiary/aromatic N) is 1. The van der Waals surface area contributed by atoms with Crippen molar-refractivity contribution in [2.75, 3.05) is 32.8 Å². The highest BCUT2D eigenvalue weighted by Gasteiger charge is 2.70. The molecule has 1 spiro atoms. The van der Waals surface area contributed by atoms with Crippen LogP contribution in [0.2, 0.25) is 0 Å². The second-order valence-electron chi connectivity index (χ2n) is 9.21. The first-order chi connectivity index (χ1) is 13.7. The second kappa shape index (κ2) is 6.82. The third-order valence-electron chi connectivity index (χ3n) is 7.41. The molecule has 5 aliphatic heterocycles. The van der Waals surface area contributed by atoms with E-state index in [0.717, 1.165) is 12.8 Å². The zero-order chi connectivity index (χ0) is 20.4. The largest absolute Gasteiger partial charge is 0.456 e. The number of fused-ring (bicyclic) bond motifs is 2. The van der Waals surface area contributed by atoms with Crippen LogP contribution in [0.25, 0.3) is 0 Å². The van der Waals surface area contributed by atoms with Crippen LogP contribution in [0.1, 0.15) is 39.5 Å². The van der Waals surface area contributed by atoms with Crippen LogP contribution in [-0.2, 0) is 24.0 Å². The van der Waals surface area contributed by atoms with Gasteiger partial charge < -0.3 is 14.2 Å². The number of morpholine rings is 1. The maximum atomic E-state index is 14.1. The summed E-state index contributed by atoms with van der Waals surface area (Å²) in [6, 6.07) is 0. The Kier molecular flexibility index (Phi) is 4.71. The van der Waals surface area contributed by atoms with Gasteiger partial charge in [0.25, 0.3) is 0 Å². The molecule has 1 unspecified atom stereocenters. The van der Waals surface area contributed by atoms with Gasteiger partial charge in [-0.1, -0.05) is 6.92 Å². The van der Waals surface area contributed by atoms with Crippen LogP contribution < -0.4 is 0 Å². The van der Waals surface area contributed by atoms with Gasteiger partial charge in [0.1, 0.15) is 0 Å². The SMILES string of the molecule is C[C@@H]1CC[C@H]2C(CN3CCOCC3)=C(C(F)(F)F)O[C@@H]3O[C@]4(C)CCC1[C@]32OO4. The maximum absolute atomic E-state index is 14.1. The smallest absolute Gasteiger partial charge is 0.449 e. The van der Waals surface area contributed by atoms with E-state index in [0.29, 0.717) is 45.1 Å². The van der Waals surface area contributed by atoms with Crippen molar-refractivity contribution >= 4 is 0 Å². The Morgan fingerprint density at radius 1 is 1.10 bits per heavy atom. The van der Waals surface area contributed by atoms with Crippen molar-refractivity contribution in [2.24, 2.45) is 17.8 Å². The van der Waals surface area contributed by atoms with Crippen LogP contribution in [0, 0.1) is 17.8 Å². The van der Waals surface area contributed by atoms with E-state index in [1.54, 1.807) is 6.92 Å². The summed E-state index contributed by atoms with van der Waals surface area (Å²) < 4.78 is 59.3. The van der Waals surface area contributed by atoms with E-state index in [4.69, 9.17) is 24.0 Å². The van der Waals surface area contributed by atoms with E-state index in [1.807, 2.05) is 4.90 Å². The van der Waals surface area contributed by atoms with Gasteiger partial charge in [0.2, 0.25) is 17.8 Å². The average molecular weight is 419 g/mol. The molecule has 5 fully saturated rings. The molecule has 6 nitrogen and oxygen atoms in total. The third kappa shape index (κ3) is 3.12. The van der Waals surface area contributed by atoms with Gasteiger partial charge in [-0.25, -0.2) is 9.78 Å².